The number of hydrogen-bond donors (Lipinski definition) is 1. The fourth-order valence-corrected chi connectivity index (χ4v) is 4.35. The van der Waals surface area contributed by atoms with Gasteiger partial charge in [0.1, 0.15) is 5.82 Å². The Kier molecular flexibility index (Phi) is 5.23. The molecule has 4 aromatic rings. The molecule has 1 aliphatic heterocycles. The van der Waals surface area contributed by atoms with Crippen molar-refractivity contribution >= 4 is 11.7 Å². The van der Waals surface area contributed by atoms with Crippen LogP contribution >= 0.6 is 0 Å². The maximum atomic E-state index is 13.7. The molecule has 0 radical (unpaired) electrons. The van der Waals surface area contributed by atoms with Crippen molar-refractivity contribution < 1.29 is 9.18 Å². The van der Waals surface area contributed by atoms with Gasteiger partial charge in [0.15, 0.2) is 0 Å². The molecule has 4 nitrogen and oxygen atoms in total. The summed E-state index contributed by atoms with van der Waals surface area (Å²) in [5.74, 6) is -0.298. The molecule has 0 fully saturated rings. The molecule has 0 unspecified atom stereocenters. The molecule has 1 aromatic heterocycles. The van der Waals surface area contributed by atoms with Crippen molar-refractivity contribution in [2.45, 2.75) is 25.9 Å². The van der Waals surface area contributed by atoms with E-state index in [1.807, 2.05) is 65.7 Å². The van der Waals surface area contributed by atoms with Gasteiger partial charge in [-0.25, -0.2) is 9.18 Å². The number of carbonyl (C=O) groups excluding carboxylic acids is 1. The second kappa shape index (κ2) is 8.35. The fourth-order valence-electron chi connectivity index (χ4n) is 4.35. The molecule has 3 aromatic carbocycles. The molecule has 1 aliphatic rings. The Labute approximate surface area is 186 Å². The number of hydrogen-bond acceptors (Lipinski definition) is 1. The summed E-state index contributed by atoms with van der Waals surface area (Å²) in [6, 6.07) is 25.8. The highest BCUT2D eigenvalue weighted by Crippen LogP contribution is 2.37. The van der Waals surface area contributed by atoms with E-state index in [2.05, 4.69) is 22.9 Å². The van der Waals surface area contributed by atoms with Gasteiger partial charge in [0, 0.05) is 17.6 Å². The number of urea groups is 1. The zero-order chi connectivity index (χ0) is 22.1. The number of halogens is 1. The SMILES string of the molecule is CCc1ccc(NC(=O)N2Cc3ccccc3-n3cccc3[C@@H]2c2ccc(F)cc2)cc1. The van der Waals surface area contributed by atoms with E-state index < -0.39 is 0 Å². The first-order chi connectivity index (χ1) is 15.6. The van der Waals surface area contributed by atoms with E-state index in [0.29, 0.717) is 6.54 Å². The largest absolute Gasteiger partial charge is 0.322 e. The normalized spacial score (nSPS) is 14.9. The molecule has 0 aliphatic carbocycles. The van der Waals surface area contributed by atoms with Crippen LogP contribution in [0.25, 0.3) is 5.69 Å². The Bertz CT molecular complexity index is 1240. The third-order valence-electron chi connectivity index (χ3n) is 6.02. The van der Waals surface area contributed by atoms with E-state index in [4.69, 9.17) is 0 Å². The van der Waals surface area contributed by atoms with Crippen LogP contribution in [0.4, 0.5) is 14.9 Å². The van der Waals surface area contributed by atoms with Crippen molar-refractivity contribution in [2.24, 2.45) is 0 Å². The Morgan fingerprint density at radius 1 is 0.969 bits per heavy atom. The van der Waals surface area contributed by atoms with Crippen LogP contribution < -0.4 is 5.32 Å². The zero-order valence-electron chi connectivity index (χ0n) is 17.8. The van der Waals surface area contributed by atoms with E-state index >= 15 is 0 Å². The lowest BCUT2D eigenvalue weighted by Gasteiger charge is -2.31. The molecule has 32 heavy (non-hydrogen) atoms. The Balaban J connectivity index is 1.59. The highest BCUT2D eigenvalue weighted by Gasteiger charge is 2.33. The Morgan fingerprint density at radius 3 is 2.47 bits per heavy atom. The molecular weight excluding hydrogens is 401 g/mol. The first-order valence-corrected chi connectivity index (χ1v) is 10.8. The standard InChI is InChI=1S/C27H24FN3O/c1-2-19-9-15-23(16-10-19)29-27(32)31-18-21-6-3-4-7-24(21)30-17-5-8-25(30)26(31)20-11-13-22(28)14-12-20/h3-17,26H,2,18H2,1H3,(H,29,32)/t26-/m0/s1. The minimum atomic E-state index is -0.368. The minimum Gasteiger partial charge on any atom is -0.318 e. The summed E-state index contributed by atoms with van der Waals surface area (Å²) in [4.78, 5) is 15.4. The summed E-state index contributed by atoms with van der Waals surface area (Å²) in [7, 11) is 0. The van der Waals surface area contributed by atoms with Gasteiger partial charge < -0.3 is 14.8 Å². The molecule has 1 N–H and O–H groups in total. The minimum absolute atomic E-state index is 0.201. The average molecular weight is 426 g/mol. The average Bonchev–Trinajstić information content (AvgIpc) is 3.25. The number of anilines is 1. The predicted molar refractivity (Wildman–Crippen MR) is 124 cm³/mol. The molecule has 2 heterocycles. The molecule has 0 saturated carbocycles. The third kappa shape index (κ3) is 3.66. The molecule has 0 spiro atoms. The van der Waals surface area contributed by atoms with Gasteiger partial charge in [0.25, 0.3) is 0 Å². The number of nitrogens with zero attached hydrogens (tertiary/aromatic N) is 2. The molecule has 0 bridgehead atoms. The lowest BCUT2D eigenvalue weighted by molar-refractivity contribution is 0.194. The Morgan fingerprint density at radius 2 is 1.72 bits per heavy atom. The summed E-state index contributed by atoms with van der Waals surface area (Å²) in [6.45, 7) is 2.53. The first-order valence-electron chi connectivity index (χ1n) is 10.8. The van der Waals surface area contributed by atoms with E-state index in [0.717, 1.165) is 34.6 Å². The van der Waals surface area contributed by atoms with Gasteiger partial charge in [-0.2, -0.15) is 0 Å². The van der Waals surface area contributed by atoms with Crippen LogP contribution in [0.5, 0.6) is 0 Å². The van der Waals surface area contributed by atoms with E-state index in [1.54, 1.807) is 12.1 Å². The highest BCUT2D eigenvalue weighted by molar-refractivity contribution is 5.90. The summed E-state index contributed by atoms with van der Waals surface area (Å²) in [6.07, 6.45) is 2.95. The molecule has 5 heteroatoms. The zero-order valence-corrected chi connectivity index (χ0v) is 17.8. The third-order valence-corrected chi connectivity index (χ3v) is 6.02. The number of fused-ring (bicyclic) bond motifs is 3. The lowest BCUT2D eigenvalue weighted by Crippen LogP contribution is -2.37. The maximum Gasteiger partial charge on any atom is 0.322 e. The first kappa shape index (κ1) is 20.1. The molecular formula is C27H24FN3O. The number of amides is 2. The van der Waals surface area contributed by atoms with Crippen LogP contribution in [-0.4, -0.2) is 15.5 Å². The van der Waals surface area contributed by atoms with Crippen LogP contribution in [0.3, 0.4) is 0 Å². The number of aryl methyl sites for hydroxylation is 1. The van der Waals surface area contributed by atoms with Crippen LogP contribution in [0.2, 0.25) is 0 Å². The summed E-state index contributed by atoms with van der Waals surface area (Å²) in [5, 5.41) is 3.06. The van der Waals surface area contributed by atoms with Gasteiger partial charge in [0.2, 0.25) is 0 Å². The summed E-state index contributed by atoms with van der Waals surface area (Å²) >= 11 is 0. The van der Waals surface area contributed by atoms with Crippen LogP contribution in [0.1, 0.15) is 35.3 Å². The smallest absolute Gasteiger partial charge is 0.318 e. The summed E-state index contributed by atoms with van der Waals surface area (Å²) in [5.41, 5.74) is 5.87. The second-order valence-corrected chi connectivity index (χ2v) is 7.99. The monoisotopic (exact) mass is 425 g/mol. The van der Waals surface area contributed by atoms with Crippen molar-refractivity contribution in [3.63, 3.8) is 0 Å². The van der Waals surface area contributed by atoms with Crippen LogP contribution in [-0.2, 0) is 13.0 Å². The van der Waals surface area contributed by atoms with Crippen molar-refractivity contribution in [2.75, 3.05) is 5.32 Å². The summed E-state index contributed by atoms with van der Waals surface area (Å²) < 4.78 is 15.8. The van der Waals surface area contributed by atoms with Gasteiger partial charge in [-0.3, -0.25) is 0 Å². The molecule has 0 saturated heterocycles. The predicted octanol–water partition coefficient (Wildman–Crippen LogP) is 6.32. The van der Waals surface area contributed by atoms with Gasteiger partial charge in [0.05, 0.1) is 18.3 Å². The van der Waals surface area contributed by atoms with Crippen LogP contribution in [0, 0.1) is 5.82 Å². The molecule has 5 rings (SSSR count). The van der Waals surface area contributed by atoms with Crippen molar-refractivity contribution in [1.82, 2.24) is 9.47 Å². The maximum absolute atomic E-state index is 13.7. The number of rotatable bonds is 3. The number of aromatic nitrogens is 1. The van der Waals surface area contributed by atoms with Gasteiger partial charge in [-0.15, -0.1) is 0 Å². The van der Waals surface area contributed by atoms with E-state index in [-0.39, 0.29) is 17.9 Å². The number of nitrogens with one attached hydrogen (secondary N) is 1. The lowest BCUT2D eigenvalue weighted by atomic mass is 10.0. The molecule has 160 valence electrons. The van der Waals surface area contributed by atoms with Crippen molar-refractivity contribution in [1.29, 1.82) is 0 Å². The quantitative estimate of drug-likeness (QED) is 0.410. The van der Waals surface area contributed by atoms with Crippen molar-refractivity contribution in [3.8, 4) is 5.69 Å². The van der Waals surface area contributed by atoms with Crippen molar-refractivity contribution in [3.05, 3.63) is 119 Å². The van der Waals surface area contributed by atoms with E-state index in [1.165, 1.54) is 17.7 Å². The van der Waals surface area contributed by atoms with Gasteiger partial charge in [-0.05, 0) is 65.6 Å². The highest BCUT2D eigenvalue weighted by atomic mass is 19.1. The number of para-hydroxylation sites is 1. The topological polar surface area (TPSA) is 37.3 Å². The molecule has 2 amide bonds. The Hall–Kier alpha value is -3.86. The number of carbonyl (C=O) groups is 1. The fraction of sp³-hybridized carbons (Fsp3) is 0.148. The second-order valence-electron chi connectivity index (χ2n) is 7.99. The molecule has 1 atom stereocenters. The van der Waals surface area contributed by atoms with E-state index in [9.17, 15) is 9.18 Å². The van der Waals surface area contributed by atoms with Gasteiger partial charge in [-0.1, -0.05) is 49.4 Å². The van der Waals surface area contributed by atoms with Crippen LogP contribution in [0.15, 0.2) is 91.1 Å². The number of benzene rings is 3. The van der Waals surface area contributed by atoms with Gasteiger partial charge >= 0.3 is 6.03 Å².